The van der Waals surface area contributed by atoms with Gasteiger partial charge >= 0.3 is 0 Å². The zero-order valence-electron chi connectivity index (χ0n) is 16.8. The number of rotatable bonds is 5. The predicted molar refractivity (Wildman–Crippen MR) is 115 cm³/mol. The molecule has 3 aromatic rings. The van der Waals surface area contributed by atoms with Gasteiger partial charge in [0.25, 0.3) is 5.91 Å². The van der Waals surface area contributed by atoms with E-state index in [1.807, 2.05) is 18.2 Å². The summed E-state index contributed by atoms with van der Waals surface area (Å²) in [5.41, 5.74) is 3.78. The van der Waals surface area contributed by atoms with E-state index in [2.05, 4.69) is 31.3 Å². The Labute approximate surface area is 174 Å². The third-order valence-electron chi connectivity index (χ3n) is 5.22. The summed E-state index contributed by atoms with van der Waals surface area (Å²) in [6.45, 7) is 4.26. The number of nitrogens with zero attached hydrogens (tertiary/aromatic N) is 1. The van der Waals surface area contributed by atoms with Gasteiger partial charge in [-0.2, -0.15) is 0 Å². The topological polar surface area (TPSA) is 32.3 Å². The van der Waals surface area contributed by atoms with Gasteiger partial charge in [0.15, 0.2) is 0 Å². The summed E-state index contributed by atoms with van der Waals surface area (Å²) >= 11 is 0. The fourth-order valence-corrected chi connectivity index (χ4v) is 3.55. The third-order valence-corrected chi connectivity index (χ3v) is 5.22. The molecule has 30 heavy (non-hydrogen) atoms. The van der Waals surface area contributed by atoms with Gasteiger partial charge in [-0.1, -0.05) is 38.1 Å². The zero-order valence-corrected chi connectivity index (χ0v) is 16.8. The minimum absolute atomic E-state index is 0.233. The molecule has 0 aromatic heterocycles. The first-order valence-electron chi connectivity index (χ1n) is 9.86. The Bertz CT molecular complexity index is 1070. The van der Waals surface area contributed by atoms with Gasteiger partial charge in [0.1, 0.15) is 17.3 Å². The summed E-state index contributed by atoms with van der Waals surface area (Å²) in [4.78, 5) is 14.9. The number of anilines is 2. The summed E-state index contributed by atoms with van der Waals surface area (Å²) in [6.07, 6.45) is 1.85. The Kier molecular flexibility index (Phi) is 5.36. The van der Waals surface area contributed by atoms with Crippen molar-refractivity contribution in [3.05, 3.63) is 107 Å². The van der Waals surface area contributed by atoms with Crippen LogP contribution < -0.4 is 10.2 Å². The molecule has 0 spiro atoms. The second-order valence-electron chi connectivity index (χ2n) is 7.63. The molecule has 1 unspecified atom stereocenters. The van der Waals surface area contributed by atoms with Crippen LogP contribution in [0.15, 0.2) is 84.6 Å². The van der Waals surface area contributed by atoms with Crippen molar-refractivity contribution in [3.63, 3.8) is 0 Å². The molecular formula is C25H22F2N2O. The van der Waals surface area contributed by atoms with Crippen LogP contribution in [0.3, 0.4) is 0 Å². The molecule has 1 atom stereocenters. The summed E-state index contributed by atoms with van der Waals surface area (Å²) in [5, 5.41) is 3.09. The van der Waals surface area contributed by atoms with Gasteiger partial charge in [0.2, 0.25) is 0 Å². The molecule has 1 heterocycles. The lowest BCUT2D eigenvalue weighted by Gasteiger charge is -2.25. The maximum atomic E-state index is 13.4. The van der Waals surface area contributed by atoms with Crippen molar-refractivity contribution in [3.8, 4) is 0 Å². The largest absolute Gasteiger partial charge is 0.351 e. The maximum Gasteiger partial charge on any atom is 0.275 e. The molecule has 152 valence electrons. The Morgan fingerprint density at radius 3 is 1.97 bits per heavy atom. The van der Waals surface area contributed by atoms with Crippen molar-refractivity contribution in [2.24, 2.45) is 0 Å². The highest BCUT2D eigenvalue weighted by Gasteiger charge is 2.34. The summed E-state index contributed by atoms with van der Waals surface area (Å²) < 4.78 is 26.7. The molecule has 0 aliphatic carbocycles. The van der Waals surface area contributed by atoms with Crippen molar-refractivity contribution in [1.82, 2.24) is 0 Å². The van der Waals surface area contributed by atoms with Gasteiger partial charge in [-0.25, -0.2) is 8.78 Å². The van der Waals surface area contributed by atoms with Crippen LogP contribution in [0.4, 0.5) is 20.2 Å². The smallest absolute Gasteiger partial charge is 0.275 e. The van der Waals surface area contributed by atoms with E-state index >= 15 is 0 Å². The first-order valence-corrected chi connectivity index (χ1v) is 9.86. The molecular weight excluding hydrogens is 382 g/mol. The lowest BCUT2D eigenvalue weighted by Crippen LogP contribution is -2.30. The molecule has 0 radical (unpaired) electrons. The van der Waals surface area contributed by atoms with Crippen LogP contribution in [0.25, 0.3) is 0 Å². The van der Waals surface area contributed by atoms with Gasteiger partial charge in [-0.15, -0.1) is 0 Å². The quantitative estimate of drug-likeness (QED) is 0.551. The molecule has 3 aromatic carbocycles. The highest BCUT2D eigenvalue weighted by molar-refractivity contribution is 6.11. The third kappa shape index (κ3) is 3.96. The maximum absolute atomic E-state index is 13.4. The standard InChI is InChI=1S/C25H22F2N2O/c1-16(2)17-3-5-18(6-4-17)24-15-23(28-21-11-7-19(26)8-12-21)25(30)29(24)22-13-9-20(27)10-14-22/h3-16,24,28H,1-2H3. The zero-order chi connectivity index (χ0) is 21.3. The van der Waals surface area contributed by atoms with E-state index in [4.69, 9.17) is 0 Å². The monoisotopic (exact) mass is 404 g/mol. The Morgan fingerprint density at radius 2 is 1.40 bits per heavy atom. The van der Waals surface area contributed by atoms with Crippen molar-refractivity contribution in [1.29, 1.82) is 0 Å². The number of hydrogen-bond acceptors (Lipinski definition) is 2. The second-order valence-corrected chi connectivity index (χ2v) is 7.63. The molecule has 5 heteroatoms. The number of benzene rings is 3. The number of halogens is 2. The van der Waals surface area contributed by atoms with E-state index in [-0.39, 0.29) is 23.6 Å². The van der Waals surface area contributed by atoms with Crippen LogP contribution in [0.2, 0.25) is 0 Å². The Morgan fingerprint density at radius 1 is 0.833 bits per heavy atom. The second kappa shape index (κ2) is 8.11. The predicted octanol–water partition coefficient (Wildman–Crippen LogP) is 6.17. The molecule has 1 aliphatic rings. The van der Waals surface area contributed by atoms with Crippen LogP contribution in [0.1, 0.15) is 36.9 Å². The molecule has 3 nitrogen and oxygen atoms in total. The molecule has 0 saturated heterocycles. The molecule has 4 rings (SSSR count). The molecule has 0 fully saturated rings. The first-order chi connectivity index (χ1) is 14.4. The van der Waals surface area contributed by atoms with Gasteiger partial charge in [-0.05, 0) is 71.7 Å². The lowest BCUT2D eigenvalue weighted by atomic mass is 9.99. The van der Waals surface area contributed by atoms with Crippen molar-refractivity contribution in [2.45, 2.75) is 25.8 Å². The SMILES string of the molecule is CC(C)c1ccc(C2C=C(Nc3ccc(F)cc3)C(=O)N2c2ccc(F)cc2)cc1. The fourth-order valence-electron chi connectivity index (χ4n) is 3.55. The molecule has 1 amide bonds. The van der Waals surface area contributed by atoms with Crippen LogP contribution in [0, 0.1) is 11.6 Å². The van der Waals surface area contributed by atoms with E-state index in [1.54, 1.807) is 29.2 Å². The molecule has 0 saturated carbocycles. The van der Waals surface area contributed by atoms with E-state index in [1.165, 1.54) is 29.8 Å². The number of carbonyl (C=O) groups excluding carboxylic acids is 1. The van der Waals surface area contributed by atoms with Crippen LogP contribution in [-0.2, 0) is 4.79 Å². The number of carbonyl (C=O) groups is 1. The first kappa shape index (κ1) is 19.8. The van der Waals surface area contributed by atoms with E-state index in [0.29, 0.717) is 23.0 Å². The van der Waals surface area contributed by atoms with Crippen molar-refractivity contribution < 1.29 is 13.6 Å². The minimum atomic E-state index is -0.360. The summed E-state index contributed by atoms with van der Waals surface area (Å²) in [6, 6.07) is 19.5. The number of nitrogens with one attached hydrogen (secondary N) is 1. The summed E-state index contributed by atoms with van der Waals surface area (Å²) in [5.74, 6) is -0.531. The molecule has 1 N–H and O–H groups in total. The summed E-state index contributed by atoms with van der Waals surface area (Å²) in [7, 11) is 0. The minimum Gasteiger partial charge on any atom is -0.351 e. The van der Waals surface area contributed by atoms with Crippen molar-refractivity contribution >= 4 is 17.3 Å². The van der Waals surface area contributed by atoms with Crippen molar-refractivity contribution in [2.75, 3.05) is 10.2 Å². The fraction of sp³-hybridized carbons (Fsp3) is 0.160. The van der Waals surface area contributed by atoms with E-state index < -0.39 is 0 Å². The number of hydrogen-bond donors (Lipinski definition) is 1. The average molecular weight is 404 g/mol. The van der Waals surface area contributed by atoms with Gasteiger partial charge in [-0.3, -0.25) is 9.69 Å². The lowest BCUT2D eigenvalue weighted by molar-refractivity contribution is -0.114. The van der Waals surface area contributed by atoms with Crippen LogP contribution >= 0.6 is 0 Å². The van der Waals surface area contributed by atoms with E-state index in [0.717, 1.165) is 5.56 Å². The highest BCUT2D eigenvalue weighted by Crippen LogP contribution is 2.36. The van der Waals surface area contributed by atoms with Gasteiger partial charge in [0, 0.05) is 11.4 Å². The van der Waals surface area contributed by atoms with E-state index in [9.17, 15) is 13.6 Å². The van der Waals surface area contributed by atoms with Gasteiger partial charge in [0.05, 0.1) is 6.04 Å². The molecule has 1 aliphatic heterocycles. The van der Waals surface area contributed by atoms with Crippen LogP contribution in [-0.4, -0.2) is 5.91 Å². The Balaban J connectivity index is 1.71. The van der Waals surface area contributed by atoms with Gasteiger partial charge < -0.3 is 5.32 Å². The van der Waals surface area contributed by atoms with Crippen LogP contribution in [0.5, 0.6) is 0 Å². The average Bonchev–Trinajstić information content (AvgIpc) is 3.06. The Hall–Kier alpha value is -3.47. The normalized spacial score (nSPS) is 16.2. The number of amides is 1. The highest BCUT2D eigenvalue weighted by atomic mass is 19.1. The molecule has 0 bridgehead atoms.